The van der Waals surface area contributed by atoms with Gasteiger partial charge in [-0.2, -0.15) is 0 Å². The molecule has 0 atom stereocenters. The minimum absolute atomic E-state index is 0.293. The Labute approximate surface area is 70.3 Å². The average molecular weight is 176 g/mol. The number of nitrogens with one attached hydrogen (secondary N) is 1. The molecule has 0 radical (unpaired) electrons. The van der Waals surface area contributed by atoms with Gasteiger partial charge in [0.1, 0.15) is 6.42 Å². The van der Waals surface area contributed by atoms with Crippen molar-refractivity contribution in [1.29, 1.82) is 0 Å². The SMILES string of the molecule is CONC(=O)CC(=O)N(C)OC. The maximum atomic E-state index is 10.9. The molecular formula is C6H12N2O4. The van der Waals surface area contributed by atoms with Gasteiger partial charge in [-0.05, 0) is 0 Å². The summed E-state index contributed by atoms with van der Waals surface area (Å²) in [5.41, 5.74) is 2.01. The average Bonchev–Trinajstić information content (AvgIpc) is 2.03. The third kappa shape index (κ3) is 3.89. The maximum absolute atomic E-state index is 10.9. The van der Waals surface area contributed by atoms with Crippen LogP contribution in [0.2, 0.25) is 0 Å². The molecule has 0 unspecified atom stereocenters. The second-order valence-electron chi connectivity index (χ2n) is 1.98. The third-order valence-electron chi connectivity index (χ3n) is 1.15. The molecule has 0 fully saturated rings. The number of hydrogen-bond acceptors (Lipinski definition) is 4. The number of carbonyl (C=O) groups is 2. The summed E-state index contributed by atoms with van der Waals surface area (Å²) < 4.78 is 0. The Bertz CT molecular complexity index is 171. The Hall–Kier alpha value is -1.14. The summed E-state index contributed by atoms with van der Waals surface area (Å²) in [5.74, 6) is -0.946. The zero-order chi connectivity index (χ0) is 9.56. The standard InChI is InChI=1S/C6H12N2O4/c1-8(12-3)6(10)4-5(9)7-11-2/h4H2,1-3H3,(H,7,9). The zero-order valence-corrected chi connectivity index (χ0v) is 7.29. The van der Waals surface area contributed by atoms with Crippen molar-refractivity contribution in [3.63, 3.8) is 0 Å². The fraction of sp³-hybridized carbons (Fsp3) is 0.667. The molecule has 12 heavy (non-hydrogen) atoms. The summed E-state index contributed by atoms with van der Waals surface area (Å²) in [6.45, 7) is 0. The molecule has 0 heterocycles. The largest absolute Gasteiger partial charge is 0.277 e. The summed E-state index contributed by atoms with van der Waals surface area (Å²) in [4.78, 5) is 30.5. The molecule has 1 N–H and O–H groups in total. The van der Waals surface area contributed by atoms with E-state index in [1.807, 2.05) is 5.48 Å². The fourth-order valence-electron chi connectivity index (χ4n) is 0.500. The van der Waals surface area contributed by atoms with Gasteiger partial charge in [-0.1, -0.05) is 0 Å². The highest BCUT2D eigenvalue weighted by Gasteiger charge is 2.12. The van der Waals surface area contributed by atoms with Crippen LogP contribution in [0.5, 0.6) is 0 Å². The normalized spacial score (nSPS) is 9.25. The van der Waals surface area contributed by atoms with Crippen LogP contribution in [0.4, 0.5) is 0 Å². The lowest BCUT2D eigenvalue weighted by atomic mass is 10.4. The van der Waals surface area contributed by atoms with E-state index in [1.54, 1.807) is 0 Å². The number of amides is 2. The molecule has 0 bridgehead atoms. The Morgan fingerprint density at radius 1 is 1.42 bits per heavy atom. The van der Waals surface area contributed by atoms with E-state index in [2.05, 4.69) is 9.68 Å². The van der Waals surface area contributed by atoms with Gasteiger partial charge >= 0.3 is 0 Å². The van der Waals surface area contributed by atoms with Crippen molar-refractivity contribution in [3.05, 3.63) is 0 Å². The molecule has 0 saturated carbocycles. The number of carbonyl (C=O) groups excluding carboxylic acids is 2. The highest BCUT2D eigenvalue weighted by Crippen LogP contribution is 1.89. The van der Waals surface area contributed by atoms with Gasteiger partial charge in [0.15, 0.2) is 0 Å². The van der Waals surface area contributed by atoms with E-state index in [-0.39, 0.29) is 6.42 Å². The molecule has 0 aromatic heterocycles. The summed E-state index contributed by atoms with van der Waals surface area (Å²) in [6, 6.07) is 0. The topological polar surface area (TPSA) is 67.9 Å². The van der Waals surface area contributed by atoms with Crippen LogP contribution in [-0.2, 0) is 19.3 Å². The van der Waals surface area contributed by atoms with Crippen LogP contribution in [0, 0.1) is 0 Å². The van der Waals surface area contributed by atoms with E-state index in [0.29, 0.717) is 0 Å². The lowest BCUT2D eigenvalue weighted by molar-refractivity contribution is -0.170. The first-order chi connectivity index (χ1) is 5.61. The third-order valence-corrected chi connectivity index (χ3v) is 1.15. The van der Waals surface area contributed by atoms with Gasteiger partial charge in [0.05, 0.1) is 14.2 Å². The molecule has 0 aliphatic rings. The van der Waals surface area contributed by atoms with Crippen LogP contribution in [0.15, 0.2) is 0 Å². The van der Waals surface area contributed by atoms with E-state index >= 15 is 0 Å². The Morgan fingerprint density at radius 3 is 2.42 bits per heavy atom. The first kappa shape index (κ1) is 10.9. The van der Waals surface area contributed by atoms with Crippen molar-refractivity contribution in [2.75, 3.05) is 21.3 Å². The number of hydrogen-bond donors (Lipinski definition) is 1. The zero-order valence-electron chi connectivity index (χ0n) is 7.29. The van der Waals surface area contributed by atoms with Crippen molar-refractivity contribution in [3.8, 4) is 0 Å². The highest BCUT2D eigenvalue weighted by atomic mass is 16.7. The van der Waals surface area contributed by atoms with E-state index < -0.39 is 11.8 Å². The van der Waals surface area contributed by atoms with Crippen LogP contribution in [-0.4, -0.2) is 38.1 Å². The van der Waals surface area contributed by atoms with Crippen molar-refractivity contribution in [2.24, 2.45) is 0 Å². The van der Waals surface area contributed by atoms with Crippen LogP contribution < -0.4 is 5.48 Å². The lowest BCUT2D eigenvalue weighted by Gasteiger charge is -2.12. The van der Waals surface area contributed by atoms with Crippen LogP contribution in [0.3, 0.4) is 0 Å². The predicted octanol–water partition coefficient (Wildman–Crippen LogP) is -0.926. The van der Waals surface area contributed by atoms with Gasteiger partial charge in [0.2, 0.25) is 0 Å². The molecule has 0 aromatic carbocycles. The van der Waals surface area contributed by atoms with Crippen molar-refractivity contribution >= 4 is 11.8 Å². The lowest BCUT2D eigenvalue weighted by Crippen LogP contribution is -2.32. The molecule has 2 amide bonds. The van der Waals surface area contributed by atoms with Crippen LogP contribution in [0.1, 0.15) is 6.42 Å². The molecule has 0 aliphatic heterocycles. The molecule has 6 nitrogen and oxygen atoms in total. The van der Waals surface area contributed by atoms with Gasteiger partial charge in [0.25, 0.3) is 11.8 Å². The summed E-state index contributed by atoms with van der Waals surface area (Å²) >= 11 is 0. The smallest absolute Gasteiger partial charge is 0.255 e. The minimum Gasteiger partial charge on any atom is -0.277 e. The van der Waals surface area contributed by atoms with Crippen LogP contribution >= 0.6 is 0 Å². The van der Waals surface area contributed by atoms with Gasteiger partial charge in [0, 0.05) is 7.05 Å². The molecular weight excluding hydrogens is 164 g/mol. The molecule has 0 aliphatic carbocycles. The van der Waals surface area contributed by atoms with E-state index in [1.165, 1.54) is 21.3 Å². The highest BCUT2D eigenvalue weighted by molar-refractivity contribution is 5.95. The Kier molecular flexibility index (Phi) is 4.98. The summed E-state index contributed by atoms with van der Waals surface area (Å²) in [6.07, 6.45) is -0.293. The summed E-state index contributed by atoms with van der Waals surface area (Å²) in [7, 11) is 4.05. The molecule has 70 valence electrons. The van der Waals surface area contributed by atoms with E-state index in [0.717, 1.165) is 5.06 Å². The Morgan fingerprint density at radius 2 is 2.00 bits per heavy atom. The minimum atomic E-state index is -0.508. The monoisotopic (exact) mass is 176 g/mol. The van der Waals surface area contributed by atoms with Gasteiger partial charge in [-0.3, -0.25) is 19.3 Å². The maximum Gasteiger partial charge on any atom is 0.255 e. The molecule has 0 aromatic rings. The quantitative estimate of drug-likeness (QED) is 0.444. The van der Waals surface area contributed by atoms with Crippen molar-refractivity contribution in [1.82, 2.24) is 10.5 Å². The van der Waals surface area contributed by atoms with E-state index in [9.17, 15) is 9.59 Å². The van der Waals surface area contributed by atoms with Gasteiger partial charge < -0.3 is 0 Å². The van der Waals surface area contributed by atoms with E-state index in [4.69, 9.17) is 0 Å². The van der Waals surface area contributed by atoms with Crippen molar-refractivity contribution in [2.45, 2.75) is 6.42 Å². The number of rotatable bonds is 4. The van der Waals surface area contributed by atoms with Gasteiger partial charge in [-0.25, -0.2) is 10.5 Å². The molecule has 6 heteroatoms. The number of nitrogens with zero attached hydrogens (tertiary/aromatic N) is 1. The Balaban J connectivity index is 3.76. The van der Waals surface area contributed by atoms with Crippen molar-refractivity contribution < 1.29 is 19.3 Å². The fourth-order valence-corrected chi connectivity index (χ4v) is 0.500. The summed E-state index contributed by atoms with van der Waals surface area (Å²) in [5, 5.41) is 0.967. The predicted molar refractivity (Wildman–Crippen MR) is 39.5 cm³/mol. The molecule has 0 spiro atoms. The van der Waals surface area contributed by atoms with Crippen LogP contribution in [0.25, 0.3) is 0 Å². The second kappa shape index (κ2) is 5.50. The number of hydroxylamine groups is 3. The second-order valence-corrected chi connectivity index (χ2v) is 1.98. The first-order valence-corrected chi connectivity index (χ1v) is 3.24. The van der Waals surface area contributed by atoms with Gasteiger partial charge in [-0.15, -0.1) is 0 Å². The first-order valence-electron chi connectivity index (χ1n) is 3.24. The molecule has 0 saturated heterocycles. The molecule has 0 rings (SSSR count).